The first-order valence-electron chi connectivity index (χ1n) is 4.17. The van der Waals surface area contributed by atoms with E-state index in [2.05, 4.69) is 5.73 Å². The third-order valence-corrected chi connectivity index (χ3v) is 3.15. The van der Waals surface area contributed by atoms with Crippen LogP contribution in [0.3, 0.4) is 0 Å². The van der Waals surface area contributed by atoms with Crippen LogP contribution in [0.4, 0.5) is 0 Å². The van der Waals surface area contributed by atoms with Gasteiger partial charge in [-0.05, 0) is 19.9 Å². The molecule has 1 heterocycles. The number of rotatable bonds is 1. The van der Waals surface area contributed by atoms with Gasteiger partial charge in [0.15, 0.2) is 0 Å². The van der Waals surface area contributed by atoms with E-state index in [1.54, 1.807) is 4.31 Å². The summed E-state index contributed by atoms with van der Waals surface area (Å²) in [4.78, 5) is 0. The predicted molar refractivity (Wildman–Crippen MR) is 54.3 cm³/mol. The van der Waals surface area contributed by atoms with E-state index in [1.807, 2.05) is 0 Å². The van der Waals surface area contributed by atoms with Crippen LogP contribution in [0.2, 0.25) is 0 Å². The van der Waals surface area contributed by atoms with Crippen LogP contribution >= 0.6 is 10.8 Å². The summed E-state index contributed by atoms with van der Waals surface area (Å²) >= 11 is 0. The molecular weight excluding hydrogens is 176 g/mol. The molecule has 0 bridgehead atoms. The molecule has 1 rings (SSSR count). The van der Waals surface area contributed by atoms with Gasteiger partial charge in [-0.15, -0.1) is 10.8 Å². The Labute approximate surface area is 76.2 Å². The highest BCUT2D eigenvalue weighted by Gasteiger charge is 2.18. The second kappa shape index (κ2) is 5.77. The van der Waals surface area contributed by atoms with Crippen molar-refractivity contribution in [3.8, 4) is 0 Å². The summed E-state index contributed by atoms with van der Waals surface area (Å²) in [5, 5.41) is 0. The fraction of sp³-hybridized carbons (Fsp3) is 1.00. The number of piperidine rings is 1. The molecule has 5 heteroatoms. The third kappa shape index (κ3) is 4.27. The van der Waals surface area contributed by atoms with Crippen molar-refractivity contribution in [2.75, 3.05) is 26.4 Å². The Morgan fingerprint density at radius 3 is 1.75 bits per heavy atom. The second-order valence-corrected chi connectivity index (χ2v) is 4.88. The van der Waals surface area contributed by atoms with Crippen LogP contribution in [0.25, 0.3) is 0 Å². The molecule has 1 aliphatic heterocycles. The van der Waals surface area contributed by atoms with Gasteiger partial charge in [-0.1, -0.05) is 6.42 Å². The maximum Gasteiger partial charge on any atom is 0.0418 e. The van der Waals surface area contributed by atoms with Gasteiger partial charge in [0.2, 0.25) is 0 Å². The Morgan fingerprint density at radius 2 is 1.50 bits per heavy atom. The average Bonchev–Trinajstić information content (AvgIpc) is 2.08. The van der Waals surface area contributed by atoms with E-state index >= 15 is 0 Å². The maximum absolute atomic E-state index is 9.21. The molecule has 0 aromatic carbocycles. The average molecular weight is 196 g/mol. The Morgan fingerprint density at radius 1 is 1.08 bits per heavy atom. The largest absolute Gasteiger partial charge is 0.333 e. The molecule has 0 aromatic rings. The highest BCUT2D eigenvalue weighted by atomic mass is 32.3. The van der Waals surface area contributed by atoms with E-state index in [0.717, 1.165) is 25.9 Å². The molecule has 0 unspecified atom stereocenters. The molecule has 0 saturated carbocycles. The van der Waals surface area contributed by atoms with Crippen molar-refractivity contribution in [1.82, 2.24) is 4.31 Å². The van der Waals surface area contributed by atoms with Crippen molar-refractivity contribution in [3.63, 3.8) is 0 Å². The van der Waals surface area contributed by atoms with E-state index in [4.69, 9.17) is 0 Å². The quantitative estimate of drug-likeness (QED) is 0.592. The molecule has 12 heavy (non-hydrogen) atoms. The van der Waals surface area contributed by atoms with E-state index in [1.165, 1.54) is 19.7 Å². The Bertz CT molecular complexity index is 110. The van der Waals surface area contributed by atoms with Gasteiger partial charge in [-0.3, -0.25) is 9.11 Å². The van der Waals surface area contributed by atoms with Gasteiger partial charge < -0.3 is 5.73 Å². The molecule has 0 amide bonds. The first kappa shape index (κ1) is 12.2. The zero-order chi connectivity index (χ0) is 9.61. The number of hydrogen-bond donors (Lipinski definition) is 3. The van der Waals surface area contributed by atoms with E-state index in [9.17, 15) is 9.11 Å². The molecular formula is C7H20N2O2S. The molecule has 4 N–H and O–H groups in total. The summed E-state index contributed by atoms with van der Waals surface area (Å²) in [5.41, 5.74) is 4.50. The molecule has 0 aliphatic carbocycles. The Hall–Kier alpha value is 0.190. The molecule has 0 spiro atoms. The third-order valence-electron chi connectivity index (χ3n) is 1.80. The highest BCUT2D eigenvalue weighted by molar-refractivity contribution is 8.21. The van der Waals surface area contributed by atoms with Crippen molar-refractivity contribution in [2.45, 2.75) is 19.3 Å². The lowest BCUT2D eigenvalue weighted by atomic mass is 10.2. The van der Waals surface area contributed by atoms with Crippen LogP contribution in [0.15, 0.2) is 0 Å². The molecule has 76 valence electrons. The normalized spacial score (nSPS) is 21.1. The van der Waals surface area contributed by atoms with Crippen molar-refractivity contribution in [1.29, 1.82) is 0 Å². The zero-order valence-electron chi connectivity index (χ0n) is 7.86. The van der Waals surface area contributed by atoms with Crippen LogP contribution in [0, 0.1) is 0 Å². The van der Waals surface area contributed by atoms with Gasteiger partial charge in [0, 0.05) is 19.3 Å². The van der Waals surface area contributed by atoms with Crippen LogP contribution in [-0.4, -0.2) is 39.8 Å². The van der Waals surface area contributed by atoms with Crippen molar-refractivity contribution >= 4 is 10.8 Å². The van der Waals surface area contributed by atoms with E-state index < -0.39 is 10.8 Å². The summed E-state index contributed by atoms with van der Waals surface area (Å²) in [6.45, 7) is 1.69. The van der Waals surface area contributed by atoms with E-state index in [0.29, 0.717) is 0 Å². The molecule has 4 nitrogen and oxygen atoms in total. The summed E-state index contributed by atoms with van der Waals surface area (Å²) in [5.74, 6) is 0. The van der Waals surface area contributed by atoms with E-state index in [-0.39, 0.29) is 0 Å². The first-order chi connectivity index (χ1) is 5.61. The van der Waals surface area contributed by atoms with Crippen molar-refractivity contribution < 1.29 is 9.11 Å². The summed E-state index contributed by atoms with van der Waals surface area (Å²) in [6.07, 6.45) is 4.93. The van der Waals surface area contributed by atoms with Crippen molar-refractivity contribution in [3.05, 3.63) is 0 Å². The predicted octanol–water partition coefficient (Wildman–Crippen LogP) is 1.34. The molecule has 0 radical (unpaired) electrons. The monoisotopic (exact) mass is 196 g/mol. The van der Waals surface area contributed by atoms with Gasteiger partial charge >= 0.3 is 0 Å². The Kier molecular flexibility index (Phi) is 5.86. The molecule has 1 saturated heterocycles. The number of nitrogens with two attached hydrogens (primary N) is 1. The van der Waals surface area contributed by atoms with Gasteiger partial charge in [0.1, 0.15) is 0 Å². The lowest BCUT2D eigenvalue weighted by Gasteiger charge is -2.41. The standard InChI is InChI=1S/C6H15NO2S.CH5N/c1-10(8,9)7-5-3-2-4-6-7;1-2/h8-9H,2-6H2,1H3;2H2,1H3. The van der Waals surface area contributed by atoms with Gasteiger partial charge in [0.25, 0.3) is 0 Å². The molecule has 1 fully saturated rings. The number of nitrogens with zero attached hydrogens (tertiary/aromatic N) is 1. The minimum Gasteiger partial charge on any atom is -0.333 e. The smallest absolute Gasteiger partial charge is 0.0418 e. The summed E-state index contributed by atoms with van der Waals surface area (Å²) < 4.78 is 20.2. The molecule has 0 atom stereocenters. The Balaban J connectivity index is 0.000000561. The van der Waals surface area contributed by atoms with Crippen LogP contribution < -0.4 is 5.73 Å². The summed E-state index contributed by atoms with van der Waals surface area (Å²) in [7, 11) is -0.893. The summed E-state index contributed by atoms with van der Waals surface area (Å²) in [6, 6.07) is 0. The number of hydrogen-bond acceptors (Lipinski definition) is 4. The van der Waals surface area contributed by atoms with Crippen molar-refractivity contribution in [2.24, 2.45) is 5.73 Å². The van der Waals surface area contributed by atoms with Crippen LogP contribution in [0.1, 0.15) is 19.3 Å². The van der Waals surface area contributed by atoms with Crippen LogP contribution in [-0.2, 0) is 0 Å². The van der Waals surface area contributed by atoms with Gasteiger partial charge in [-0.25, -0.2) is 4.31 Å². The topological polar surface area (TPSA) is 69.7 Å². The maximum atomic E-state index is 9.21. The highest BCUT2D eigenvalue weighted by Crippen LogP contribution is 2.40. The second-order valence-electron chi connectivity index (χ2n) is 2.78. The lowest BCUT2D eigenvalue weighted by Crippen LogP contribution is -2.31. The minimum atomic E-state index is -2.39. The van der Waals surface area contributed by atoms with Gasteiger partial charge in [-0.2, -0.15) is 0 Å². The van der Waals surface area contributed by atoms with Gasteiger partial charge in [0.05, 0.1) is 0 Å². The lowest BCUT2D eigenvalue weighted by molar-refractivity contribution is 0.308. The fourth-order valence-corrected chi connectivity index (χ4v) is 2.16. The fourth-order valence-electron chi connectivity index (χ4n) is 1.21. The molecule has 1 aliphatic rings. The zero-order valence-corrected chi connectivity index (χ0v) is 8.68. The molecule has 0 aromatic heterocycles. The van der Waals surface area contributed by atoms with Crippen LogP contribution in [0.5, 0.6) is 0 Å². The first-order valence-corrected chi connectivity index (χ1v) is 6.08. The minimum absolute atomic E-state index is 0.846. The SMILES string of the molecule is CN.CS(O)(O)N1CCCCC1.